The molecule has 0 aliphatic rings. The quantitative estimate of drug-likeness (QED) is 0.212. The first-order valence-electron chi connectivity index (χ1n) is 8.91. The first kappa shape index (κ1) is 22.0. The number of benzene rings is 1. The summed E-state index contributed by atoms with van der Waals surface area (Å²) in [5.74, 6) is -0.413. The third kappa shape index (κ3) is 8.87. The topological polar surface area (TPSA) is 46.5 Å². The molecule has 1 aromatic carbocycles. The maximum atomic E-state index is 11.3. The Hall–Kier alpha value is -0.0500. The summed E-state index contributed by atoms with van der Waals surface area (Å²) >= 11 is 4.28. The van der Waals surface area contributed by atoms with Crippen molar-refractivity contribution in [3.8, 4) is 5.75 Å². The van der Waals surface area contributed by atoms with Crippen LogP contribution < -0.4 is 4.74 Å². The lowest BCUT2D eigenvalue weighted by Crippen LogP contribution is -2.07. The molecular weight excluding hydrogens is 530 g/mol. The van der Waals surface area contributed by atoms with Gasteiger partial charge in [-0.25, -0.2) is 4.79 Å². The first-order valence-corrected chi connectivity index (χ1v) is 11.1. The number of hydrogen-bond acceptors (Lipinski definition) is 2. The van der Waals surface area contributed by atoms with Crippen LogP contribution in [0.15, 0.2) is 12.1 Å². The van der Waals surface area contributed by atoms with Crippen LogP contribution in [0, 0.1) is 7.14 Å². The van der Waals surface area contributed by atoms with Crippen LogP contribution in [0.4, 0.5) is 0 Å². The van der Waals surface area contributed by atoms with Crippen LogP contribution in [0.25, 0.3) is 0 Å². The normalized spacial score (nSPS) is 10.8. The third-order valence-corrected chi connectivity index (χ3v) is 5.41. The highest BCUT2D eigenvalue weighted by molar-refractivity contribution is 14.1. The number of aromatic carboxylic acids is 1. The lowest BCUT2D eigenvalue weighted by molar-refractivity contribution is 0.0692. The van der Waals surface area contributed by atoms with Gasteiger partial charge in [-0.3, -0.25) is 0 Å². The number of carboxylic acid groups (broad SMARTS) is 1. The molecule has 1 aromatic rings. The summed E-state index contributed by atoms with van der Waals surface area (Å²) in [6, 6.07) is 3.61. The fraction of sp³-hybridized carbons (Fsp3) is 0.632. The molecular formula is C19H28I2O3. The zero-order chi connectivity index (χ0) is 17.8. The number of rotatable bonds is 13. The SMILES string of the molecule is CCCCCCCCCCCCOc1c(I)cc(I)cc1C(=O)O. The van der Waals surface area contributed by atoms with Gasteiger partial charge in [-0.15, -0.1) is 0 Å². The molecule has 24 heavy (non-hydrogen) atoms. The van der Waals surface area contributed by atoms with Crippen molar-refractivity contribution in [3.63, 3.8) is 0 Å². The third-order valence-electron chi connectivity index (χ3n) is 3.98. The van der Waals surface area contributed by atoms with Crippen molar-refractivity contribution in [1.29, 1.82) is 0 Å². The molecule has 0 radical (unpaired) electrons. The molecule has 0 aromatic heterocycles. The van der Waals surface area contributed by atoms with Gasteiger partial charge in [0.2, 0.25) is 0 Å². The van der Waals surface area contributed by atoms with E-state index < -0.39 is 5.97 Å². The molecule has 0 heterocycles. The first-order chi connectivity index (χ1) is 11.6. The summed E-state index contributed by atoms with van der Waals surface area (Å²) in [4.78, 5) is 11.3. The molecule has 5 heteroatoms. The highest BCUT2D eigenvalue weighted by Crippen LogP contribution is 2.28. The highest BCUT2D eigenvalue weighted by atomic mass is 127. The van der Waals surface area contributed by atoms with Crippen molar-refractivity contribution < 1.29 is 14.6 Å². The van der Waals surface area contributed by atoms with Gasteiger partial charge in [0.25, 0.3) is 0 Å². The zero-order valence-corrected chi connectivity index (χ0v) is 18.8. The monoisotopic (exact) mass is 558 g/mol. The van der Waals surface area contributed by atoms with Crippen LogP contribution in [-0.2, 0) is 0 Å². The Morgan fingerprint density at radius 1 is 0.958 bits per heavy atom. The Labute approximate surface area is 173 Å². The van der Waals surface area contributed by atoms with Crippen molar-refractivity contribution in [2.24, 2.45) is 0 Å². The minimum Gasteiger partial charge on any atom is -0.492 e. The van der Waals surface area contributed by atoms with Crippen molar-refractivity contribution in [2.45, 2.75) is 71.1 Å². The van der Waals surface area contributed by atoms with E-state index >= 15 is 0 Å². The number of carboxylic acids is 1. The number of carbonyl (C=O) groups is 1. The maximum absolute atomic E-state index is 11.3. The summed E-state index contributed by atoms with van der Waals surface area (Å²) < 4.78 is 7.55. The van der Waals surface area contributed by atoms with Gasteiger partial charge in [0.05, 0.1) is 10.2 Å². The summed E-state index contributed by atoms with van der Waals surface area (Å²) in [6.45, 7) is 2.84. The number of hydrogen-bond donors (Lipinski definition) is 1. The molecule has 0 atom stereocenters. The lowest BCUT2D eigenvalue weighted by atomic mass is 10.1. The van der Waals surface area contributed by atoms with Crippen LogP contribution >= 0.6 is 45.2 Å². The van der Waals surface area contributed by atoms with E-state index in [2.05, 4.69) is 52.1 Å². The van der Waals surface area contributed by atoms with E-state index in [0.717, 1.165) is 20.0 Å². The average molecular weight is 558 g/mol. The number of ether oxygens (including phenoxy) is 1. The molecule has 0 bridgehead atoms. The van der Waals surface area contributed by atoms with Gasteiger partial charge in [-0.05, 0) is 63.7 Å². The standard InChI is InChI=1S/C19H28I2O3/c1-2-3-4-5-6-7-8-9-10-11-12-24-18-16(19(22)23)13-15(20)14-17(18)21/h13-14H,2-12H2,1H3,(H,22,23). The fourth-order valence-corrected chi connectivity index (χ4v) is 4.63. The second kappa shape index (κ2) is 13.2. The van der Waals surface area contributed by atoms with Gasteiger partial charge < -0.3 is 9.84 Å². The smallest absolute Gasteiger partial charge is 0.339 e. The predicted octanol–water partition coefficient (Wildman–Crippen LogP) is 6.89. The van der Waals surface area contributed by atoms with Crippen molar-refractivity contribution in [3.05, 3.63) is 24.8 Å². The summed E-state index contributed by atoms with van der Waals surface area (Å²) in [5.41, 5.74) is 0.262. The molecule has 0 saturated carbocycles. The van der Waals surface area contributed by atoms with Gasteiger partial charge in [-0.1, -0.05) is 64.7 Å². The van der Waals surface area contributed by atoms with Gasteiger partial charge in [0, 0.05) is 3.57 Å². The number of halogens is 2. The molecule has 1 N–H and O–H groups in total. The van der Waals surface area contributed by atoms with Crippen LogP contribution in [0.5, 0.6) is 5.75 Å². The van der Waals surface area contributed by atoms with Gasteiger partial charge in [0.1, 0.15) is 11.3 Å². The molecule has 0 aliphatic heterocycles. The van der Waals surface area contributed by atoms with E-state index in [-0.39, 0.29) is 5.56 Å². The second-order valence-electron chi connectivity index (χ2n) is 6.10. The summed E-state index contributed by atoms with van der Waals surface area (Å²) in [6.07, 6.45) is 12.8. The summed E-state index contributed by atoms with van der Waals surface area (Å²) in [7, 11) is 0. The van der Waals surface area contributed by atoms with Gasteiger partial charge in [0.15, 0.2) is 0 Å². The molecule has 136 valence electrons. The highest BCUT2D eigenvalue weighted by Gasteiger charge is 2.15. The van der Waals surface area contributed by atoms with Gasteiger partial charge >= 0.3 is 5.97 Å². The molecule has 0 fully saturated rings. The van der Waals surface area contributed by atoms with E-state index in [9.17, 15) is 9.90 Å². The van der Waals surface area contributed by atoms with Crippen molar-refractivity contribution in [2.75, 3.05) is 6.61 Å². The average Bonchev–Trinajstić information content (AvgIpc) is 2.53. The molecule has 0 amide bonds. The Kier molecular flexibility index (Phi) is 12.1. The Bertz CT molecular complexity index is 504. The Morgan fingerprint density at radius 3 is 2.04 bits per heavy atom. The minimum absolute atomic E-state index is 0.262. The van der Waals surface area contributed by atoms with E-state index in [1.165, 1.54) is 51.4 Å². The molecule has 0 unspecified atom stereocenters. The fourth-order valence-electron chi connectivity index (χ4n) is 2.63. The van der Waals surface area contributed by atoms with Crippen LogP contribution in [0.1, 0.15) is 81.5 Å². The summed E-state index contributed by atoms with van der Waals surface area (Å²) in [5, 5.41) is 9.31. The Morgan fingerprint density at radius 2 is 1.50 bits per heavy atom. The maximum Gasteiger partial charge on any atom is 0.339 e. The molecule has 3 nitrogen and oxygen atoms in total. The predicted molar refractivity (Wildman–Crippen MR) is 116 cm³/mol. The van der Waals surface area contributed by atoms with Crippen LogP contribution in [0.3, 0.4) is 0 Å². The lowest BCUT2D eigenvalue weighted by Gasteiger charge is -2.12. The molecule has 0 aliphatic carbocycles. The van der Waals surface area contributed by atoms with E-state index in [0.29, 0.717) is 12.4 Å². The minimum atomic E-state index is -0.926. The Balaban J connectivity index is 2.19. The van der Waals surface area contributed by atoms with E-state index in [4.69, 9.17) is 4.74 Å². The van der Waals surface area contributed by atoms with Crippen LogP contribution in [-0.4, -0.2) is 17.7 Å². The van der Waals surface area contributed by atoms with E-state index in [1.807, 2.05) is 6.07 Å². The van der Waals surface area contributed by atoms with Crippen molar-refractivity contribution in [1.82, 2.24) is 0 Å². The van der Waals surface area contributed by atoms with Crippen molar-refractivity contribution >= 4 is 51.2 Å². The number of unbranched alkanes of at least 4 members (excludes halogenated alkanes) is 9. The zero-order valence-electron chi connectivity index (χ0n) is 14.5. The van der Waals surface area contributed by atoms with Gasteiger partial charge in [-0.2, -0.15) is 0 Å². The second-order valence-corrected chi connectivity index (χ2v) is 8.51. The molecule has 0 saturated heterocycles. The largest absolute Gasteiger partial charge is 0.492 e. The van der Waals surface area contributed by atoms with E-state index in [1.54, 1.807) is 6.07 Å². The molecule has 0 spiro atoms. The molecule has 1 rings (SSSR count). The van der Waals surface area contributed by atoms with Crippen LogP contribution in [0.2, 0.25) is 0 Å².